The molecule has 0 N–H and O–H groups in total. The molecule has 2 aromatic rings. The topological polar surface area (TPSA) is 35.5 Å². The lowest BCUT2D eigenvalue weighted by Gasteiger charge is -2.20. The van der Waals surface area contributed by atoms with Crippen molar-refractivity contribution in [3.05, 3.63) is 65.7 Å². The number of ether oxygens (including phenoxy) is 1. The average molecular weight is 332 g/mol. The molecular formula is C19H25O3P. The van der Waals surface area contributed by atoms with Gasteiger partial charge in [0, 0.05) is 12.3 Å². The molecular weight excluding hydrogens is 307 g/mol. The molecule has 0 aromatic heterocycles. The summed E-state index contributed by atoms with van der Waals surface area (Å²) in [6, 6.07) is 18.1. The summed E-state index contributed by atoms with van der Waals surface area (Å²) < 4.78 is 23.7. The van der Waals surface area contributed by atoms with Crippen LogP contribution in [0.15, 0.2) is 54.6 Å². The van der Waals surface area contributed by atoms with E-state index < -0.39 is 7.37 Å². The van der Waals surface area contributed by atoms with E-state index in [1.165, 1.54) is 0 Å². The van der Waals surface area contributed by atoms with Gasteiger partial charge in [0.25, 0.3) is 0 Å². The number of rotatable bonds is 8. The lowest BCUT2D eigenvalue weighted by molar-refractivity contribution is 0.306. The molecule has 2 aromatic carbocycles. The van der Waals surface area contributed by atoms with Gasteiger partial charge in [-0.25, -0.2) is 0 Å². The molecule has 0 heterocycles. The van der Waals surface area contributed by atoms with Crippen LogP contribution in [0.25, 0.3) is 0 Å². The highest BCUT2D eigenvalue weighted by Gasteiger charge is 2.24. The van der Waals surface area contributed by atoms with Crippen molar-refractivity contribution in [3.8, 4) is 5.75 Å². The van der Waals surface area contributed by atoms with Gasteiger partial charge >= 0.3 is 0 Å². The predicted molar refractivity (Wildman–Crippen MR) is 95.5 cm³/mol. The monoisotopic (exact) mass is 332 g/mol. The SMILES string of the molecule is CCOP(C)(=O)[C@@H](C)Cc1cccc(OCc2ccccc2)c1. The second kappa shape index (κ2) is 8.33. The highest BCUT2D eigenvalue weighted by Crippen LogP contribution is 2.48. The van der Waals surface area contributed by atoms with Crippen molar-refractivity contribution in [2.24, 2.45) is 0 Å². The molecule has 0 aliphatic heterocycles. The van der Waals surface area contributed by atoms with Crippen LogP contribution in [0.2, 0.25) is 0 Å². The molecule has 3 nitrogen and oxygen atoms in total. The van der Waals surface area contributed by atoms with Crippen LogP contribution in [-0.4, -0.2) is 18.9 Å². The molecule has 0 spiro atoms. The number of hydrogen-bond acceptors (Lipinski definition) is 3. The van der Waals surface area contributed by atoms with Gasteiger partial charge in [0.1, 0.15) is 12.4 Å². The van der Waals surface area contributed by atoms with Gasteiger partial charge in [-0.3, -0.25) is 4.57 Å². The first kappa shape index (κ1) is 17.8. The quantitative estimate of drug-likeness (QED) is 0.628. The molecule has 4 heteroatoms. The molecule has 0 bridgehead atoms. The summed E-state index contributed by atoms with van der Waals surface area (Å²) in [5, 5.41) is 0. The van der Waals surface area contributed by atoms with Gasteiger partial charge in [-0.15, -0.1) is 0 Å². The van der Waals surface area contributed by atoms with Crippen molar-refractivity contribution in [1.82, 2.24) is 0 Å². The largest absolute Gasteiger partial charge is 0.489 e. The molecule has 124 valence electrons. The molecule has 23 heavy (non-hydrogen) atoms. The Bertz CT molecular complexity index is 655. The van der Waals surface area contributed by atoms with E-state index in [1.54, 1.807) is 6.66 Å². The van der Waals surface area contributed by atoms with Gasteiger partial charge in [0.05, 0.1) is 6.61 Å². The van der Waals surface area contributed by atoms with Crippen LogP contribution in [0.1, 0.15) is 25.0 Å². The van der Waals surface area contributed by atoms with Gasteiger partial charge < -0.3 is 9.26 Å². The van der Waals surface area contributed by atoms with Crippen molar-refractivity contribution in [1.29, 1.82) is 0 Å². The first-order valence-corrected chi connectivity index (χ1v) is 10.1. The van der Waals surface area contributed by atoms with Crippen molar-refractivity contribution in [3.63, 3.8) is 0 Å². The first-order valence-electron chi connectivity index (χ1n) is 7.98. The molecule has 1 unspecified atom stereocenters. The zero-order valence-electron chi connectivity index (χ0n) is 14.1. The van der Waals surface area contributed by atoms with Crippen molar-refractivity contribution in [2.75, 3.05) is 13.3 Å². The van der Waals surface area contributed by atoms with Gasteiger partial charge in [0.2, 0.25) is 7.37 Å². The normalized spacial score (nSPS) is 14.9. The third-order valence-electron chi connectivity index (χ3n) is 3.86. The van der Waals surface area contributed by atoms with E-state index in [1.807, 2.05) is 68.4 Å². The maximum Gasteiger partial charge on any atom is 0.203 e. The van der Waals surface area contributed by atoms with Gasteiger partial charge in [-0.2, -0.15) is 0 Å². The second-order valence-electron chi connectivity index (χ2n) is 5.80. The maximum absolute atomic E-state index is 12.5. The van der Waals surface area contributed by atoms with E-state index in [9.17, 15) is 4.57 Å². The Balaban J connectivity index is 1.98. The number of benzene rings is 2. The van der Waals surface area contributed by atoms with E-state index in [4.69, 9.17) is 9.26 Å². The fourth-order valence-corrected chi connectivity index (χ4v) is 3.70. The summed E-state index contributed by atoms with van der Waals surface area (Å²) in [5.74, 6) is 0.834. The molecule has 0 radical (unpaired) electrons. The molecule has 0 amide bonds. The lowest BCUT2D eigenvalue weighted by atomic mass is 10.1. The zero-order valence-corrected chi connectivity index (χ0v) is 15.0. The maximum atomic E-state index is 12.5. The molecule has 0 saturated carbocycles. The average Bonchev–Trinajstić information content (AvgIpc) is 2.54. The number of hydrogen-bond donors (Lipinski definition) is 0. The van der Waals surface area contributed by atoms with Crippen LogP contribution in [0, 0.1) is 0 Å². The molecule has 2 atom stereocenters. The lowest BCUT2D eigenvalue weighted by Crippen LogP contribution is -2.09. The van der Waals surface area contributed by atoms with E-state index >= 15 is 0 Å². The predicted octanol–water partition coefficient (Wildman–Crippen LogP) is 5.14. The van der Waals surface area contributed by atoms with Crippen LogP contribution in [0.4, 0.5) is 0 Å². The molecule has 0 fully saturated rings. The van der Waals surface area contributed by atoms with E-state index in [2.05, 4.69) is 0 Å². The molecule has 0 aliphatic rings. The fourth-order valence-electron chi connectivity index (χ4n) is 2.39. The van der Waals surface area contributed by atoms with Crippen molar-refractivity contribution < 1.29 is 13.8 Å². The molecule has 2 rings (SSSR count). The van der Waals surface area contributed by atoms with E-state index in [-0.39, 0.29) is 5.66 Å². The van der Waals surface area contributed by atoms with Gasteiger partial charge in [-0.05, 0) is 36.6 Å². The minimum Gasteiger partial charge on any atom is -0.489 e. The summed E-state index contributed by atoms with van der Waals surface area (Å²) >= 11 is 0. The highest BCUT2D eigenvalue weighted by molar-refractivity contribution is 7.58. The van der Waals surface area contributed by atoms with Crippen LogP contribution in [0.3, 0.4) is 0 Å². The summed E-state index contributed by atoms with van der Waals surface area (Å²) in [7, 11) is -2.57. The fraction of sp³-hybridized carbons (Fsp3) is 0.368. The Morgan fingerprint density at radius 2 is 1.74 bits per heavy atom. The summed E-state index contributed by atoms with van der Waals surface area (Å²) in [6.07, 6.45) is 0.719. The van der Waals surface area contributed by atoms with Crippen LogP contribution in [0.5, 0.6) is 5.75 Å². The third kappa shape index (κ3) is 5.53. The third-order valence-corrected chi connectivity index (χ3v) is 6.42. The second-order valence-corrected chi connectivity index (χ2v) is 8.76. The van der Waals surface area contributed by atoms with Crippen molar-refractivity contribution >= 4 is 7.37 Å². The van der Waals surface area contributed by atoms with Gasteiger partial charge in [-0.1, -0.05) is 49.4 Å². The van der Waals surface area contributed by atoms with Crippen LogP contribution in [-0.2, 0) is 22.1 Å². The summed E-state index contributed by atoms with van der Waals surface area (Å²) in [6.45, 7) is 6.61. The Labute approximate surface area is 139 Å². The first-order chi connectivity index (χ1) is 11.0. The van der Waals surface area contributed by atoms with Crippen molar-refractivity contribution in [2.45, 2.75) is 32.5 Å². The Morgan fingerprint density at radius 1 is 1.04 bits per heavy atom. The minimum absolute atomic E-state index is 0.00757. The smallest absolute Gasteiger partial charge is 0.203 e. The van der Waals surface area contributed by atoms with E-state index in [0.717, 1.165) is 23.3 Å². The molecule has 0 aliphatic carbocycles. The Kier molecular flexibility index (Phi) is 6.44. The Morgan fingerprint density at radius 3 is 2.43 bits per heavy atom. The highest BCUT2D eigenvalue weighted by atomic mass is 31.2. The van der Waals surface area contributed by atoms with E-state index in [0.29, 0.717) is 13.2 Å². The zero-order chi connectivity index (χ0) is 16.7. The Hall–Kier alpha value is -1.57. The standard InChI is InChI=1S/C19H25O3P/c1-4-22-23(3,20)16(2)13-18-11-8-12-19(14-18)21-15-17-9-6-5-7-10-17/h5-12,14,16H,4,13,15H2,1-3H3/t16-,23?/m0/s1. The molecule has 0 saturated heterocycles. The van der Waals surface area contributed by atoms with Gasteiger partial charge in [0.15, 0.2) is 0 Å². The van der Waals surface area contributed by atoms with Crippen LogP contribution < -0.4 is 4.74 Å². The summed E-state index contributed by atoms with van der Waals surface area (Å²) in [4.78, 5) is 0. The summed E-state index contributed by atoms with van der Waals surface area (Å²) in [5.41, 5.74) is 2.25. The van der Waals surface area contributed by atoms with Crippen LogP contribution >= 0.6 is 7.37 Å². The minimum atomic E-state index is -2.57.